The van der Waals surface area contributed by atoms with Crippen LogP contribution in [0.1, 0.15) is 78.6 Å². The van der Waals surface area contributed by atoms with Gasteiger partial charge in [0.1, 0.15) is 0 Å². The monoisotopic (exact) mass is 225 g/mol. The van der Waals surface area contributed by atoms with Gasteiger partial charge in [-0.25, -0.2) is 0 Å². The summed E-state index contributed by atoms with van der Waals surface area (Å²) in [6.07, 6.45) is 12.6. The van der Waals surface area contributed by atoms with Crippen molar-refractivity contribution >= 4 is 0 Å². The molecule has 0 amide bonds. The van der Waals surface area contributed by atoms with Gasteiger partial charge in [0.15, 0.2) is 0 Å². The molecule has 0 aliphatic heterocycles. The maximum Gasteiger partial charge on any atom is 0.00694 e. The second-order valence-corrected chi connectivity index (χ2v) is 5.73. The zero-order chi connectivity index (χ0) is 11.8. The van der Waals surface area contributed by atoms with Crippen LogP contribution in [0.25, 0.3) is 0 Å². The fourth-order valence-corrected chi connectivity index (χ4v) is 2.81. The number of hydrogen-bond acceptors (Lipinski definition) is 1. The van der Waals surface area contributed by atoms with Crippen LogP contribution >= 0.6 is 0 Å². The summed E-state index contributed by atoms with van der Waals surface area (Å²) in [5.41, 5.74) is 0. The van der Waals surface area contributed by atoms with Crippen molar-refractivity contribution in [2.45, 2.75) is 90.6 Å². The maximum absolute atomic E-state index is 3.85. The molecule has 1 heteroatoms. The number of rotatable bonds is 9. The lowest BCUT2D eigenvalue weighted by atomic mass is 9.81. The molecular weight excluding hydrogens is 194 g/mol. The minimum atomic E-state index is 0.735. The molecule has 1 saturated carbocycles. The van der Waals surface area contributed by atoms with Crippen LogP contribution in [0.2, 0.25) is 0 Å². The van der Waals surface area contributed by atoms with E-state index in [0.717, 1.165) is 18.0 Å². The van der Waals surface area contributed by atoms with Crippen LogP contribution in [0.4, 0.5) is 0 Å². The molecule has 1 nitrogen and oxygen atoms in total. The lowest BCUT2D eigenvalue weighted by Gasteiger charge is -2.31. The summed E-state index contributed by atoms with van der Waals surface area (Å²) < 4.78 is 0. The van der Waals surface area contributed by atoms with Gasteiger partial charge in [0.25, 0.3) is 0 Å². The Labute approximate surface area is 102 Å². The van der Waals surface area contributed by atoms with E-state index in [0.29, 0.717) is 0 Å². The molecule has 0 radical (unpaired) electrons. The Bertz CT molecular complexity index is 163. The summed E-state index contributed by atoms with van der Waals surface area (Å²) >= 11 is 0. The fourth-order valence-electron chi connectivity index (χ4n) is 2.81. The maximum atomic E-state index is 3.85. The summed E-state index contributed by atoms with van der Waals surface area (Å²) in [5.74, 6) is 1.04. The first-order chi connectivity index (χ1) is 7.76. The molecule has 1 aliphatic carbocycles. The molecule has 0 aromatic carbocycles. The topological polar surface area (TPSA) is 12.0 Å². The van der Waals surface area contributed by atoms with E-state index in [4.69, 9.17) is 0 Å². The molecule has 0 aromatic rings. The highest BCUT2D eigenvalue weighted by Gasteiger charge is 2.21. The van der Waals surface area contributed by atoms with Crippen molar-refractivity contribution in [1.82, 2.24) is 5.32 Å². The third-order valence-electron chi connectivity index (χ3n) is 3.98. The number of unbranched alkanes of at least 4 members (excludes halogenated alkanes) is 1. The van der Waals surface area contributed by atoms with Crippen LogP contribution < -0.4 is 5.32 Å². The quantitative estimate of drug-likeness (QED) is 0.608. The number of nitrogens with one attached hydrogen (secondary N) is 1. The van der Waals surface area contributed by atoms with Crippen molar-refractivity contribution in [2.24, 2.45) is 5.92 Å². The molecule has 2 atom stereocenters. The predicted octanol–water partition coefficient (Wildman–Crippen LogP) is 4.51. The van der Waals surface area contributed by atoms with Crippen molar-refractivity contribution in [3.8, 4) is 0 Å². The zero-order valence-electron chi connectivity index (χ0n) is 11.6. The Morgan fingerprint density at radius 3 is 2.38 bits per heavy atom. The van der Waals surface area contributed by atoms with E-state index in [9.17, 15) is 0 Å². The molecule has 0 bridgehead atoms. The van der Waals surface area contributed by atoms with Gasteiger partial charge >= 0.3 is 0 Å². The van der Waals surface area contributed by atoms with E-state index < -0.39 is 0 Å². The Balaban J connectivity index is 2.16. The molecule has 2 unspecified atom stereocenters. The second-order valence-electron chi connectivity index (χ2n) is 5.73. The first-order valence-corrected chi connectivity index (χ1v) is 7.52. The van der Waals surface area contributed by atoms with Gasteiger partial charge in [-0.3, -0.25) is 0 Å². The van der Waals surface area contributed by atoms with Crippen molar-refractivity contribution in [3.05, 3.63) is 0 Å². The second kappa shape index (κ2) is 8.11. The van der Waals surface area contributed by atoms with Crippen LogP contribution in [0.3, 0.4) is 0 Å². The van der Waals surface area contributed by atoms with Crippen molar-refractivity contribution in [3.63, 3.8) is 0 Å². The van der Waals surface area contributed by atoms with Crippen molar-refractivity contribution in [1.29, 1.82) is 0 Å². The lowest BCUT2D eigenvalue weighted by molar-refractivity contribution is 0.252. The average molecular weight is 225 g/mol. The van der Waals surface area contributed by atoms with E-state index in [2.05, 4.69) is 26.1 Å². The van der Waals surface area contributed by atoms with Crippen LogP contribution in [0.5, 0.6) is 0 Å². The van der Waals surface area contributed by atoms with Crippen molar-refractivity contribution in [2.75, 3.05) is 0 Å². The third kappa shape index (κ3) is 5.34. The molecular formula is C15H31N. The lowest BCUT2D eigenvalue weighted by Crippen LogP contribution is -2.38. The molecule has 0 spiro atoms. The van der Waals surface area contributed by atoms with Gasteiger partial charge in [-0.05, 0) is 32.1 Å². The normalized spacial score (nSPS) is 20.4. The average Bonchev–Trinajstić information content (AvgIpc) is 2.20. The van der Waals surface area contributed by atoms with Gasteiger partial charge in [-0.15, -0.1) is 0 Å². The Morgan fingerprint density at radius 2 is 1.88 bits per heavy atom. The van der Waals surface area contributed by atoms with E-state index >= 15 is 0 Å². The first-order valence-electron chi connectivity index (χ1n) is 7.52. The Morgan fingerprint density at radius 1 is 1.12 bits per heavy atom. The van der Waals surface area contributed by atoms with Gasteiger partial charge < -0.3 is 5.32 Å². The molecule has 0 heterocycles. The molecule has 96 valence electrons. The molecule has 1 aliphatic rings. The van der Waals surface area contributed by atoms with Gasteiger partial charge in [-0.2, -0.15) is 0 Å². The summed E-state index contributed by atoms with van der Waals surface area (Å²) in [6, 6.07) is 1.51. The fraction of sp³-hybridized carbons (Fsp3) is 1.00. The Hall–Kier alpha value is -0.0400. The van der Waals surface area contributed by atoms with Crippen LogP contribution in [0.15, 0.2) is 0 Å². The van der Waals surface area contributed by atoms with Gasteiger partial charge in [-0.1, -0.05) is 52.4 Å². The standard InChI is InChI=1S/C15H31N/c1-4-6-11-15(8-5-2)16-13(3)12-14-9-7-10-14/h13-16H,4-12H2,1-3H3. The molecule has 1 rings (SSSR count). The van der Waals surface area contributed by atoms with E-state index in [1.54, 1.807) is 0 Å². The van der Waals surface area contributed by atoms with Crippen LogP contribution in [0, 0.1) is 5.92 Å². The SMILES string of the molecule is CCCCC(CCC)NC(C)CC1CCC1. The van der Waals surface area contributed by atoms with E-state index in [1.807, 2.05) is 0 Å². The molecule has 16 heavy (non-hydrogen) atoms. The minimum absolute atomic E-state index is 0.735. The number of hydrogen-bond donors (Lipinski definition) is 1. The Kier molecular flexibility index (Phi) is 7.11. The largest absolute Gasteiger partial charge is 0.311 e. The summed E-state index contributed by atoms with van der Waals surface area (Å²) in [5, 5.41) is 3.85. The summed E-state index contributed by atoms with van der Waals surface area (Å²) in [7, 11) is 0. The highest BCUT2D eigenvalue weighted by atomic mass is 14.9. The smallest absolute Gasteiger partial charge is 0.00694 e. The van der Waals surface area contributed by atoms with Gasteiger partial charge in [0.2, 0.25) is 0 Å². The van der Waals surface area contributed by atoms with E-state index in [-0.39, 0.29) is 0 Å². The predicted molar refractivity (Wildman–Crippen MR) is 72.8 cm³/mol. The highest BCUT2D eigenvalue weighted by Crippen LogP contribution is 2.30. The highest BCUT2D eigenvalue weighted by molar-refractivity contribution is 4.77. The van der Waals surface area contributed by atoms with E-state index in [1.165, 1.54) is 57.8 Å². The van der Waals surface area contributed by atoms with Gasteiger partial charge in [0, 0.05) is 12.1 Å². The molecule has 1 N–H and O–H groups in total. The summed E-state index contributed by atoms with van der Waals surface area (Å²) in [4.78, 5) is 0. The first kappa shape index (κ1) is 14.0. The van der Waals surface area contributed by atoms with Crippen LogP contribution in [-0.2, 0) is 0 Å². The zero-order valence-corrected chi connectivity index (χ0v) is 11.6. The molecule has 1 fully saturated rings. The summed E-state index contributed by atoms with van der Waals surface area (Å²) in [6.45, 7) is 6.98. The van der Waals surface area contributed by atoms with Crippen molar-refractivity contribution < 1.29 is 0 Å². The third-order valence-corrected chi connectivity index (χ3v) is 3.98. The van der Waals surface area contributed by atoms with Gasteiger partial charge in [0.05, 0.1) is 0 Å². The minimum Gasteiger partial charge on any atom is -0.311 e. The van der Waals surface area contributed by atoms with Crippen LogP contribution in [-0.4, -0.2) is 12.1 Å². The molecule has 0 saturated heterocycles. The molecule has 0 aromatic heterocycles.